The number of aromatic nitrogens is 6. The fourth-order valence-corrected chi connectivity index (χ4v) is 3.67. The molecule has 1 aliphatic rings. The fraction of sp³-hybridized carbons (Fsp3) is 0.333. The number of nitrogens with zero attached hydrogens (tertiary/aromatic N) is 7. The quantitative estimate of drug-likeness (QED) is 0.631. The van der Waals surface area contributed by atoms with Crippen LogP contribution < -0.4 is 10.2 Å². The molecule has 28 heavy (non-hydrogen) atoms. The molecule has 2 aromatic heterocycles. The molecular weight excluding hydrogens is 376 g/mol. The second kappa shape index (κ2) is 8.34. The number of hydrogen-bond donors (Lipinski definition) is 1. The predicted molar refractivity (Wildman–Crippen MR) is 107 cm³/mol. The molecule has 0 aliphatic carbocycles. The van der Waals surface area contributed by atoms with Crippen molar-refractivity contribution in [3.05, 3.63) is 36.4 Å². The Kier molecular flexibility index (Phi) is 5.47. The van der Waals surface area contributed by atoms with E-state index < -0.39 is 0 Å². The summed E-state index contributed by atoms with van der Waals surface area (Å²) in [5.74, 6) is 1.02. The second-order valence-electron chi connectivity index (χ2n) is 6.47. The first-order valence-electron chi connectivity index (χ1n) is 9.03. The van der Waals surface area contributed by atoms with E-state index in [1.54, 1.807) is 7.05 Å². The Balaban J connectivity index is 1.39. The van der Waals surface area contributed by atoms with Crippen LogP contribution in [0.2, 0.25) is 0 Å². The number of carbonyl (C=O) groups is 1. The Morgan fingerprint density at radius 2 is 2.00 bits per heavy atom. The molecule has 10 heteroatoms. The number of rotatable bonds is 6. The molecule has 3 heterocycles. The van der Waals surface area contributed by atoms with E-state index in [2.05, 4.69) is 35.9 Å². The van der Waals surface area contributed by atoms with Gasteiger partial charge < -0.3 is 10.2 Å². The van der Waals surface area contributed by atoms with Crippen molar-refractivity contribution in [2.45, 2.75) is 18.0 Å². The zero-order chi connectivity index (χ0) is 19.3. The number of tetrazole rings is 1. The van der Waals surface area contributed by atoms with Gasteiger partial charge >= 0.3 is 0 Å². The minimum absolute atomic E-state index is 0.124. The van der Waals surface area contributed by atoms with E-state index >= 15 is 0 Å². The Labute approximate surface area is 166 Å². The van der Waals surface area contributed by atoms with E-state index in [0.717, 1.165) is 30.2 Å². The minimum Gasteiger partial charge on any atom is -0.355 e. The third kappa shape index (κ3) is 4.28. The Morgan fingerprint density at radius 3 is 2.71 bits per heavy atom. The molecule has 1 N–H and O–H groups in total. The molecule has 1 aliphatic heterocycles. The van der Waals surface area contributed by atoms with Crippen LogP contribution in [0.4, 0.5) is 11.5 Å². The summed E-state index contributed by atoms with van der Waals surface area (Å²) in [6, 6.07) is 11.6. The summed E-state index contributed by atoms with van der Waals surface area (Å²) in [7, 11) is 1.74. The first-order valence-corrected chi connectivity index (χ1v) is 10.0. The zero-order valence-corrected chi connectivity index (χ0v) is 16.3. The number of aryl methyl sites for hydroxylation is 1. The van der Waals surface area contributed by atoms with Gasteiger partial charge in [0.15, 0.2) is 5.82 Å². The number of anilines is 2. The van der Waals surface area contributed by atoms with Crippen LogP contribution >= 0.6 is 11.8 Å². The summed E-state index contributed by atoms with van der Waals surface area (Å²) >= 11 is 1.28. The van der Waals surface area contributed by atoms with E-state index in [1.807, 2.05) is 36.4 Å². The number of amides is 1. The largest absolute Gasteiger partial charge is 0.355 e. The number of thioether (sulfide) groups is 1. The summed E-state index contributed by atoms with van der Waals surface area (Å²) in [6.45, 7) is 2.08. The third-order valence-corrected chi connectivity index (χ3v) is 5.45. The summed E-state index contributed by atoms with van der Waals surface area (Å²) < 4.78 is 1.53. The third-order valence-electron chi connectivity index (χ3n) is 4.44. The highest BCUT2D eigenvalue weighted by atomic mass is 32.2. The van der Waals surface area contributed by atoms with Gasteiger partial charge in [-0.25, -0.2) is 4.68 Å². The lowest BCUT2D eigenvalue weighted by atomic mass is 10.1. The normalized spacial score (nSPS) is 13.7. The maximum absolute atomic E-state index is 12.2. The summed E-state index contributed by atoms with van der Waals surface area (Å²) in [5, 5.41) is 23.4. The van der Waals surface area contributed by atoms with Crippen LogP contribution in [0, 0.1) is 0 Å². The molecule has 3 aromatic rings. The van der Waals surface area contributed by atoms with E-state index in [-0.39, 0.29) is 11.7 Å². The van der Waals surface area contributed by atoms with Crippen LogP contribution in [0.3, 0.4) is 0 Å². The summed E-state index contributed by atoms with van der Waals surface area (Å²) in [4.78, 5) is 14.5. The van der Waals surface area contributed by atoms with E-state index in [1.165, 1.54) is 29.3 Å². The average molecular weight is 396 g/mol. The molecule has 1 fully saturated rings. The Morgan fingerprint density at radius 1 is 1.14 bits per heavy atom. The van der Waals surface area contributed by atoms with Crippen molar-refractivity contribution >= 4 is 29.2 Å². The van der Waals surface area contributed by atoms with Crippen molar-refractivity contribution in [2.24, 2.45) is 7.05 Å². The molecule has 4 rings (SSSR count). The molecule has 0 saturated carbocycles. The van der Waals surface area contributed by atoms with Crippen molar-refractivity contribution in [3.8, 4) is 11.3 Å². The second-order valence-corrected chi connectivity index (χ2v) is 7.42. The van der Waals surface area contributed by atoms with Crippen molar-refractivity contribution in [1.82, 2.24) is 30.4 Å². The molecule has 0 unspecified atom stereocenters. The molecular formula is C18H20N8OS. The lowest BCUT2D eigenvalue weighted by Crippen LogP contribution is -2.19. The SMILES string of the molecule is Cn1nnnc1SCC(=O)Nc1cccc(-c2ccc(N3CCCC3)nn2)c1. The molecule has 0 atom stereocenters. The van der Waals surface area contributed by atoms with Gasteiger partial charge in [0.05, 0.1) is 11.4 Å². The highest BCUT2D eigenvalue weighted by Crippen LogP contribution is 2.23. The molecule has 0 spiro atoms. The maximum atomic E-state index is 12.2. The van der Waals surface area contributed by atoms with Crippen LogP contribution in [0.15, 0.2) is 41.6 Å². The van der Waals surface area contributed by atoms with Crippen molar-refractivity contribution in [3.63, 3.8) is 0 Å². The lowest BCUT2D eigenvalue weighted by Gasteiger charge is -2.15. The van der Waals surface area contributed by atoms with Gasteiger partial charge in [-0.15, -0.1) is 15.3 Å². The highest BCUT2D eigenvalue weighted by molar-refractivity contribution is 7.99. The van der Waals surface area contributed by atoms with Gasteiger partial charge in [0.1, 0.15) is 0 Å². The van der Waals surface area contributed by atoms with Gasteiger partial charge in [-0.1, -0.05) is 23.9 Å². The highest BCUT2D eigenvalue weighted by Gasteiger charge is 2.14. The number of benzene rings is 1. The Hall–Kier alpha value is -3.01. The van der Waals surface area contributed by atoms with Crippen LogP contribution in [0.1, 0.15) is 12.8 Å². The van der Waals surface area contributed by atoms with Crippen molar-refractivity contribution in [2.75, 3.05) is 29.1 Å². The van der Waals surface area contributed by atoms with E-state index in [4.69, 9.17) is 0 Å². The molecule has 144 valence electrons. The van der Waals surface area contributed by atoms with Gasteiger partial charge in [-0.2, -0.15) is 0 Å². The molecule has 1 saturated heterocycles. The van der Waals surface area contributed by atoms with Gasteiger partial charge in [0, 0.05) is 31.4 Å². The summed E-state index contributed by atoms with van der Waals surface area (Å²) in [5.41, 5.74) is 2.40. The number of nitrogens with one attached hydrogen (secondary N) is 1. The Bertz CT molecular complexity index is 952. The maximum Gasteiger partial charge on any atom is 0.234 e. The van der Waals surface area contributed by atoms with E-state index in [0.29, 0.717) is 10.8 Å². The number of hydrogen-bond acceptors (Lipinski definition) is 8. The standard InChI is InChI=1S/C18H20N8OS/c1-25-18(22-23-24-25)28-12-17(27)19-14-6-4-5-13(11-14)15-7-8-16(21-20-15)26-9-2-3-10-26/h4-8,11H,2-3,9-10,12H2,1H3,(H,19,27). The van der Waals surface area contributed by atoms with Crippen molar-refractivity contribution < 1.29 is 4.79 Å². The first-order chi connectivity index (χ1) is 13.7. The lowest BCUT2D eigenvalue weighted by molar-refractivity contribution is -0.113. The first kappa shape index (κ1) is 18.4. The van der Waals surface area contributed by atoms with Crippen molar-refractivity contribution in [1.29, 1.82) is 0 Å². The van der Waals surface area contributed by atoms with E-state index in [9.17, 15) is 4.79 Å². The van der Waals surface area contributed by atoms with Gasteiger partial charge in [-0.05, 0) is 47.5 Å². The molecule has 0 radical (unpaired) electrons. The summed E-state index contributed by atoms with van der Waals surface area (Å²) in [6.07, 6.45) is 2.41. The molecule has 0 bridgehead atoms. The van der Waals surface area contributed by atoms with Gasteiger partial charge in [0.2, 0.25) is 11.1 Å². The average Bonchev–Trinajstić information content (AvgIpc) is 3.39. The molecule has 1 amide bonds. The van der Waals surface area contributed by atoms with Crippen LogP contribution in [0.5, 0.6) is 0 Å². The fourth-order valence-electron chi connectivity index (χ4n) is 3.02. The van der Waals surface area contributed by atoms with Crippen LogP contribution in [-0.2, 0) is 11.8 Å². The van der Waals surface area contributed by atoms with Crippen LogP contribution in [-0.4, -0.2) is 55.2 Å². The molecule has 1 aromatic carbocycles. The number of carbonyl (C=O) groups excluding carboxylic acids is 1. The van der Waals surface area contributed by atoms with Gasteiger partial charge in [0.25, 0.3) is 0 Å². The monoisotopic (exact) mass is 396 g/mol. The smallest absolute Gasteiger partial charge is 0.234 e. The van der Waals surface area contributed by atoms with Gasteiger partial charge in [-0.3, -0.25) is 4.79 Å². The minimum atomic E-state index is -0.124. The topological polar surface area (TPSA) is 102 Å². The predicted octanol–water partition coefficient (Wildman–Crippen LogP) is 2.00. The molecule has 9 nitrogen and oxygen atoms in total. The zero-order valence-electron chi connectivity index (χ0n) is 15.4. The van der Waals surface area contributed by atoms with Crippen LogP contribution in [0.25, 0.3) is 11.3 Å².